The average molecular weight is 280 g/mol. The van der Waals surface area contributed by atoms with E-state index in [1.165, 1.54) is 10.9 Å². The molecule has 10 heteroatoms. The highest BCUT2D eigenvalue weighted by molar-refractivity contribution is 5.84. The third-order valence-corrected chi connectivity index (χ3v) is 2.11. The van der Waals surface area contributed by atoms with E-state index in [1.54, 1.807) is 5.32 Å². The van der Waals surface area contributed by atoms with Crippen LogP contribution in [0.3, 0.4) is 0 Å². The molecule has 0 aliphatic heterocycles. The molecule has 1 heterocycles. The van der Waals surface area contributed by atoms with Crippen LogP contribution in [0.5, 0.6) is 0 Å². The Labute approximate surface area is 105 Å². The Morgan fingerprint density at radius 2 is 2.05 bits per heavy atom. The SMILES string of the molecule is O=C(O)c1cn(CCCCNC(=O)C(F)(F)F)nn1. The lowest BCUT2D eigenvalue weighted by atomic mass is 10.3. The molecule has 0 aromatic carbocycles. The van der Waals surface area contributed by atoms with Crippen LogP contribution in [-0.2, 0) is 11.3 Å². The molecule has 1 aromatic heterocycles. The Bertz CT molecular complexity index is 458. The highest BCUT2D eigenvalue weighted by Crippen LogP contribution is 2.13. The van der Waals surface area contributed by atoms with Crippen molar-refractivity contribution < 1.29 is 27.9 Å². The first-order valence-electron chi connectivity index (χ1n) is 5.29. The molecule has 0 spiro atoms. The molecule has 7 nitrogen and oxygen atoms in total. The molecule has 19 heavy (non-hydrogen) atoms. The van der Waals surface area contributed by atoms with Gasteiger partial charge in [0.1, 0.15) is 0 Å². The zero-order valence-electron chi connectivity index (χ0n) is 9.65. The van der Waals surface area contributed by atoms with E-state index >= 15 is 0 Å². The number of amides is 1. The summed E-state index contributed by atoms with van der Waals surface area (Å²) < 4.78 is 36.7. The van der Waals surface area contributed by atoms with Crippen LogP contribution in [0.1, 0.15) is 23.3 Å². The number of carbonyl (C=O) groups excluding carboxylic acids is 1. The minimum absolute atomic E-state index is 0.112. The van der Waals surface area contributed by atoms with E-state index in [1.807, 2.05) is 0 Å². The Morgan fingerprint density at radius 3 is 2.58 bits per heavy atom. The number of carbonyl (C=O) groups is 2. The topological polar surface area (TPSA) is 97.1 Å². The van der Waals surface area contributed by atoms with Crippen molar-refractivity contribution in [2.45, 2.75) is 25.6 Å². The van der Waals surface area contributed by atoms with Crippen LogP contribution in [-0.4, -0.2) is 44.7 Å². The van der Waals surface area contributed by atoms with Gasteiger partial charge in [-0.05, 0) is 12.8 Å². The van der Waals surface area contributed by atoms with Gasteiger partial charge in [0, 0.05) is 13.1 Å². The largest absolute Gasteiger partial charge is 0.476 e. The van der Waals surface area contributed by atoms with Crippen molar-refractivity contribution in [2.75, 3.05) is 6.54 Å². The van der Waals surface area contributed by atoms with Crippen molar-refractivity contribution in [2.24, 2.45) is 0 Å². The summed E-state index contributed by atoms with van der Waals surface area (Å²) in [6, 6.07) is 0. The van der Waals surface area contributed by atoms with Crippen LogP contribution in [0, 0.1) is 0 Å². The number of carboxylic acid groups (broad SMARTS) is 1. The van der Waals surface area contributed by atoms with Crippen molar-refractivity contribution in [3.05, 3.63) is 11.9 Å². The van der Waals surface area contributed by atoms with E-state index in [2.05, 4.69) is 10.3 Å². The van der Waals surface area contributed by atoms with E-state index < -0.39 is 18.1 Å². The fraction of sp³-hybridized carbons (Fsp3) is 0.556. The van der Waals surface area contributed by atoms with Crippen LogP contribution in [0.25, 0.3) is 0 Å². The molecule has 0 saturated carbocycles. The molecule has 106 valence electrons. The molecule has 0 radical (unpaired) electrons. The quantitative estimate of drug-likeness (QED) is 0.737. The lowest BCUT2D eigenvalue weighted by Crippen LogP contribution is -2.37. The molecule has 0 unspecified atom stereocenters. The summed E-state index contributed by atoms with van der Waals surface area (Å²) in [5.74, 6) is -3.18. The maximum Gasteiger partial charge on any atom is 0.471 e. The van der Waals surface area contributed by atoms with Gasteiger partial charge in [0.2, 0.25) is 0 Å². The third-order valence-electron chi connectivity index (χ3n) is 2.11. The van der Waals surface area contributed by atoms with Crippen LogP contribution >= 0.6 is 0 Å². The van der Waals surface area contributed by atoms with Gasteiger partial charge in [0.25, 0.3) is 0 Å². The van der Waals surface area contributed by atoms with Gasteiger partial charge < -0.3 is 10.4 Å². The molecule has 1 aromatic rings. The van der Waals surface area contributed by atoms with Gasteiger partial charge >= 0.3 is 18.1 Å². The first-order chi connectivity index (χ1) is 8.80. The zero-order chi connectivity index (χ0) is 14.5. The van der Waals surface area contributed by atoms with Gasteiger partial charge in [-0.3, -0.25) is 9.48 Å². The van der Waals surface area contributed by atoms with Crippen LogP contribution in [0.15, 0.2) is 6.20 Å². The Morgan fingerprint density at radius 1 is 1.37 bits per heavy atom. The molecule has 0 fully saturated rings. The first kappa shape index (κ1) is 14.9. The molecule has 0 aliphatic carbocycles. The first-order valence-corrected chi connectivity index (χ1v) is 5.29. The number of aryl methyl sites for hydroxylation is 1. The highest BCUT2D eigenvalue weighted by Gasteiger charge is 2.38. The number of nitrogens with one attached hydrogen (secondary N) is 1. The van der Waals surface area contributed by atoms with Crippen molar-refractivity contribution >= 4 is 11.9 Å². The maximum absolute atomic E-state index is 11.8. The summed E-state index contributed by atoms with van der Waals surface area (Å²) in [7, 11) is 0. The summed E-state index contributed by atoms with van der Waals surface area (Å²) in [5.41, 5.74) is -0.203. The second-order valence-electron chi connectivity index (χ2n) is 3.63. The zero-order valence-corrected chi connectivity index (χ0v) is 9.65. The predicted molar refractivity (Wildman–Crippen MR) is 55.3 cm³/mol. The van der Waals surface area contributed by atoms with E-state index in [0.717, 1.165) is 0 Å². The minimum Gasteiger partial charge on any atom is -0.476 e. The van der Waals surface area contributed by atoms with E-state index in [-0.39, 0.29) is 12.2 Å². The summed E-state index contributed by atoms with van der Waals surface area (Å²) in [4.78, 5) is 20.9. The normalized spacial score (nSPS) is 11.3. The Hall–Kier alpha value is -2.13. The average Bonchev–Trinajstić information content (AvgIpc) is 2.75. The van der Waals surface area contributed by atoms with Crippen molar-refractivity contribution in [3.63, 3.8) is 0 Å². The maximum atomic E-state index is 11.8. The second kappa shape index (κ2) is 6.16. The van der Waals surface area contributed by atoms with Crippen LogP contribution in [0.2, 0.25) is 0 Å². The van der Waals surface area contributed by atoms with Crippen LogP contribution in [0.4, 0.5) is 13.2 Å². The fourth-order valence-corrected chi connectivity index (χ4v) is 1.21. The standard InChI is InChI=1S/C9H11F3N4O3/c10-9(11,12)8(19)13-3-1-2-4-16-5-6(7(17)18)14-15-16/h5H,1-4H2,(H,13,19)(H,17,18). The van der Waals surface area contributed by atoms with Gasteiger partial charge in [-0.25, -0.2) is 4.79 Å². The lowest BCUT2D eigenvalue weighted by Gasteiger charge is -2.07. The number of rotatable bonds is 6. The molecule has 2 N–H and O–H groups in total. The summed E-state index contributed by atoms with van der Waals surface area (Å²) in [5, 5.41) is 17.2. The fourth-order valence-electron chi connectivity index (χ4n) is 1.21. The van der Waals surface area contributed by atoms with Gasteiger partial charge in [-0.2, -0.15) is 13.2 Å². The summed E-state index contributed by atoms with van der Waals surface area (Å²) in [6.07, 6.45) is -2.91. The highest BCUT2D eigenvalue weighted by atomic mass is 19.4. The predicted octanol–water partition coefficient (Wildman–Crippen LogP) is 0.435. The van der Waals surface area contributed by atoms with Gasteiger partial charge in [0.15, 0.2) is 5.69 Å². The number of nitrogens with zero attached hydrogens (tertiary/aromatic N) is 3. The van der Waals surface area contributed by atoms with Crippen molar-refractivity contribution in [1.29, 1.82) is 0 Å². The Balaban J connectivity index is 2.21. The van der Waals surface area contributed by atoms with E-state index in [9.17, 15) is 22.8 Å². The van der Waals surface area contributed by atoms with Gasteiger partial charge in [-0.15, -0.1) is 5.10 Å². The molecular weight excluding hydrogens is 269 g/mol. The number of carboxylic acids is 1. The van der Waals surface area contributed by atoms with E-state index in [4.69, 9.17) is 5.11 Å². The molecule has 0 bridgehead atoms. The summed E-state index contributed by atoms with van der Waals surface area (Å²) >= 11 is 0. The number of aromatic nitrogens is 3. The second-order valence-corrected chi connectivity index (χ2v) is 3.63. The van der Waals surface area contributed by atoms with Crippen molar-refractivity contribution in [1.82, 2.24) is 20.3 Å². The number of alkyl halides is 3. The van der Waals surface area contributed by atoms with E-state index in [0.29, 0.717) is 19.4 Å². The monoisotopic (exact) mass is 280 g/mol. The molecule has 1 rings (SSSR count). The number of aromatic carboxylic acids is 1. The number of hydrogen-bond donors (Lipinski definition) is 2. The van der Waals surface area contributed by atoms with Crippen molar-refractivity contribution in [3.8, 4) is 0 Å². The molecule has 0 atom stereocenters. The van der Waals surface area contributed by atoms with Gasteiger partial charge in [-0.1, -0.05) is 5.21 Å². The minimum atomic E-state index is -4.87. The number of halogens is 3. The third kappa shape index (κ3) is 4.94. The molecule has 1 amide bonds. The number of hydrogen-bond acceptors (Lipinski definition) is 4. The molecule has 0 aliphatic rings. The Kier molecular flexibility index (Phi) is 4.84. The van der Waals surface area contributed by atoms with Gasteiger partial charge in [0.05, 0.1) is 6.20 Å². The molecule has 0 saturated heterocycles. The molecular formula is C9H11F3N4O3. The number of unbranched alkanes of at least 4 members (excludes halogenated alkanes) is 1. The van der Waals surface area contributed by atoms with Crippen LogP contribution < -0.4 is 5.32 Å². The smallest absolute Gasteiger partial charge is 0.471 e. The summed E-state index contributed by atoms with van der Waals surface area (Å²) in [6.45, 7) is 0.195. The lowest BCUT2D eigenvalue weighted by molar-refractivity contribution is -0.173.